The lowest BCUT2D eigenvalue weighted by atomic mass is 9.83. The average molecular weight is 370 g/mol. The molecule has 1 fully saturated rings. The second-order valence-electron chi connectivity index (χ2n) is 7.30. The Hall–Kier alpha value is -2.40. The smallest absolute Gasteiger partial charge is 0.231 e. The van der Waals surface area contributed by atoms with E-state index in [0.717, 1.165) is 42.3 Å². The number of aliphatic hydroxyl groups is 1. The molecule has 5 nitrogen and oxygen atoms in total. The van der Waals surface area contributed by atoms with Crippen molar-refractivity contribution >= 4 is 0 Å². The lowest BCUT2D eigenvalue weighted by Crippen LogP contribution is -2.20. The molecule has 1 heterocycles. The van der Waals surface area contributed by atoms with Crippen LogP contribution in [0.25, 0.3) is 0 Å². The summed E-state index contributed by atoms with van der Waals surface area (Å²) in [5.74, 6) is 4.10. The van der Waals surface area contributed by atoms with Crippen molar-refractivity contribution in [1.29, 1.82) is 0 Å². The maximum Gasteiger partial charge on any atom is 0.231 e. The maximum atomic E-state index is 10.1. The van der Waals surface area contributed by atoms with Gasteiger partial charge in [0.25, 0.3) is 0 Å². The van der Waals surface area contributed by atoms with Crippen LogP contribution in [0.4, 0.5) is 0 Å². The second kappa shape index (κ2) is 7.69. The third-order valence-corrected chi connectivity index (χ3v) is 5.95. The highest BCUT2D eigenvalue weighted by atomic mass is 16.7. The van der Waals surface area contributed by atoms with Crippen LogP contribution in [0.3, 0.4) is 0 Å². The first-order valence-corrected chi connectivity index (χ1v) is 9.44. The molecule has 0 radical (unpaired) electrons. The fourth-order valence-corrected chi connectivity index (χ4v) is 4.55. The van der Waals surface area contributed by atoms with Gasteiger partial charge in [0.05, 0.1) is 14.2 Å². The maximum absolute atomic E-state index is 10.1. The van der Waals surface area contributed by atoms with E-state index in [0.29, 0.717) is 18.6 Å². The molecule has 0 bridgehead atoms. The first-order chi connectivity index (χ1) is 13.2. The molecule has 1 saturated carbocycles. The molecule has 1 N–H and O–H groups in total. The van der Waals surface area contributed by atoms with E-state index in [2.05, 4.69) is 24.3 Å². The number of aliphatic hydroxyl groups excluding tert-OH is 1. The van der Waals surface area contributed by atoms with Crippen LogP contribution in [0, 0.1) is 11.8 Å². The fraction of sp³-hybridized carbons (Fsp3) is 0.455. The summed E-state index contributed by atoms with van der Waals surface area (Å²) < 4.78 is 21.7. The van der Waals surface area contributed by atoms with E-state index in [-0.39, 0.29) is 12.5 Å². The largest absolute Gasteiger partial charge is 0.493 e. The number of hydrogen-bond acceptors (Lipinski definition) is 5. The summed E-state index contributed by atoms with van der Waals surface area (Å²) in [7, 11) is 3.30. The Kier molecular flexibility index (Phi) is 5.12. The van der Waals surface area contributed by atoms with Gasteiger partial charge in [0.15, 0.2) is 23.0 Å². The van der Waals surface area contributed by atoms with Crippen LogP contribution in [-0.2, 0) is 6.42 Å². The lowest BCUT2D eigenvalue weighted by molar-refractivity contribution is 0.174. The van der Waals surface area contributed by atoms with Gasteiger partial charge in [-0.2, -0.15) is 0 Å². The van der Waals surface area contributed by atoms with Gasteiger partial charge in [-0.15, -0.1) is 0 Å². The van der Waals surface area contributed by atoms with Crippen molar-refractivity contribution in [3.05, 3.63) is 47.5 Å². The van der Waals surface area contributed by atoms with Crippen LogP contribution in [0.2, 0.25) is 0 Å². The SMILES string of the molecule is COc1ccc(C2CC[C@H](Cc3ccc4c(c3)OCO4)[C@@H]2CO)cc1OC. The van der Waals surface area contributed by atoms with Gasteiger partial charge in [0.1, 0.15) is 0 Å². The zero-order valence-electron chi connectivity index (χ0n) is 15.8. The Morgan fingerprint density at radius 1 is 0.963 bits per heavy atom. The van der Waals surface area contributed by atoms with Gasteiger partial charge in [-0.05, 0) is 72.4 Å². The predicted molar refractivity (Wildman–Crippen MR) is 102 cm³/mol. The number of hydrogen-bond donors (Lipinski definition) is 1. The number of rotatable bonds is 6. The summed E-state index contributed by atoms with van der Waals surface area (Å²) in [5.41, 5.74) is 2.44. The van der Waals surface area contributed by atoms with E-state index in [1.807, 2.05) is 12.1 Å². The summed E-state index contributed by atoms with van der Waals surface area (Å²) in [4.78, 5) is 0. The monoisotopic (exact) mass is 370 g/mol. The topological polar surface area (TPSA) is 57.2 Å². The van der Waals surface area contributed by atoms with E-state index in [1.165, 1.54) is 11.1 Å². The normalized spacial score (nSPS) is 23.4. The van der Waals surface area contributed by atoms with Gasteiger partial charge in [-0.3, -0.25) is 0 Å². The molecule has 27 heavy (non-hydrogen) atoms. The quantitative estimate of drug-likeness (QED) is 0.839. The van der Waals surface area contributed by atoms with Crippen molar-refractivity contribution < 1.29 is 24.1 Å². The number of benzene rings is 2. The van der Waals surface area contributed by atoms with Crippen LogP contribution in [0.5, 0.6) is 23.0 Å². The Balaban J connectivity index is 1.52. The molecule has 2 aromatic rings. The highest BCUT2D eigenvalue weighted by Gasteiger charge is 2.37. The first-order valence-electron chi connectivity index (χ1n) is 9.44. The van der Waals surface area contributed by atoms with Gasteiger partial charge >= 0.3 is 0 Å². The van der Waals surface area contributed by atoms with Crippen molar-refractivity contribution in [3.8, 4) is 23.0 Å². The third-order valence-electron chi connectivity index (χ3n) is 5.95. The van der Waals surface area contributed by atoms with E-state index >= 15 is 0 Å². The Morgan fingerprint density at radius 3 is 2.56 bits per heavy atom. The van der Waals surface area contributed by atoms with Crippen LogP contribution in [0.1, 0.15) is 29.9 Å². The molecular formula is C22H26O5. The van der Waals surface area contributed by atoms with E-state index < -0.39 is 0 Å². The first kappa shape index (κ1) is 18.0. The number of methoxy groups -OCH3 is 2. The molecule has 0 saturated heterocycles. The molecule has 144 valence electrons. The Labute approximate surface area is 159 Å². The highest BCUT2D eigenvalue weighted by molar-refractivity contribution is 5.45. The molecule has 2 aromatic carbocycles. The van der Waals surface area contributed by atoms with Gasteiger partial charge in [-0.25, -0.2) is 0 Å². The summed E-state index contributed by atoms with van der Waals surface area (Å²) in [6.07, 6.45) is 3.10. The number of ether oxygens (including phenoxy) is 4. The minimum Gasteiger partial charge on any atom is -0.493 e. The van der Waals surface area contributed by atoms with Gasteiger partial charge in [0.2, 0.25) is 6.79 Å². The van der Waals surface area contributed by atoms with E-state index in [4.69, 9.17) is 18.9 Å². The van der Waals surface area contributed by atoms with Crippen molar-refractivity contribution in [2.45, 2.75) is 25.2 Å². The summed E-state index contributed by atoms with van der Waals surface area (Å²) in [6.45, 7) is 0.483. The summed E-state index contributed by atoms with van der Waals surface area (Å²) >= 11 is 0. The van der Waals surface area contributed by atoms with Crippen molar-refractivity contribution in [2.24, 2.45) is 11.8 Å². The Morgan fingerprint density at radius 2 is 1.78 bits per heavy atom. The molecule has 0 aromatic heterocycles. The molecule has 0 amide bonds. The molecule has 1 unspecified atom stereocenters. The molecular weight excluding hydrogens is 344 g/mol. The molecule has 1 aliphatic carbocycles. The zero-order valence-corrected chi connectivity index (χ0v) is 15.8. The molecule has 3 atom stereocenters. The van der Waals surface area contributed by atoms with Gasteiger partial charge < -0.3 is 24.1 Å². The minimum atomic E-state index is 0.189. The predicted octanol–water partition coefficient (Wildman–Crippen LogP) is 3.78. The van der Waals surface area contributed by atoms with Crippen LogP contribution in [0.15, 0.2) is 36.4 Å². The lowest BCUT2D eigenvalue weighted by Gasteiger charge is -2.24. The highest BCUT2D eigenvalue weighted by Crippen LogP contribution is 2.46. The van der Waals surface area contributed by atoms with E-state index in [1.54, 1.807) is 14.2 Å². The molecule has 2 aliphatic rings. The van der Waals surface area contributed by atoms with Crippen molar-refractivity contribution in [2.75, 3.05) is 27.6 Å². The summed E-state index contributed by atoms with van der Waals surface area (Å²) in [5, 5.41) is 10.1. The second-order valence-corrected chi connectivity index (χ2v) is 7.30. The van der Waals surface area contributed by atoms with Crippen molar-refractivity contribution in [1.82, 2.24) is 0 Å². The van der Waals surface area contributed by atoms with Crippen LogP contribution >= 0.6 is 0 Å². The van der Waals surface area contributed by atoms with Crippen LogP contribution in [-0.4, -0.2) is 32.7 Å². The number of fused-ring (bicyclic) bond motifs is 1. The van der Waals surface area contributed by atoms with E-state index in [9.17, 15) is 5.11 Å². The van der Waals surface area contributed by atoms with Gasteiger partial charge in [0, 0.05) is 6.61 Å². The molecule has 5 heteroatoms. The molecule has 1 aliphatic heterocycles. The summed E-state index contributed by atoms with van der Waals surface area (Å²) in [6, 6.07) is 12.2. The van der Waals surface area contributed by atoms with Gasteiger partial charge in [-0.1, -0.05) is 12.1 Å². The fourth-order valence-electron chi connectivity index (χ4n) is 4.55. The standard InChI is InChI=1S/C22H26O5/c1-24-19-8-5-16(11-21(19)25-2)17-6-4-15(18(17)12-23)9-14-3-7-20-22(10-14)27-13-26-20/h3,5,7-8,10-11,15,17-18,23H,4,6,9,12-13H2,1-2H3/t15-,17?,18+/m1/s1. The molecule has 0 spiro atoms. The minimum absolute atomic E-state index is 0.189. The zero-order chi connectivity index (χ0) is 18.8. The molecule has 4 rings (SSSR count). The Bertz CT molecular complexity index is 803. The van der Waals surface area contributed by atoms with Crippen molar-refractivity contribution in [3.63, 3.8) is 0 Å². The average Bonchev–Trinajstić information content (AvgIpc) is 3.33. The third kappa shape index (κ3) is 3.44. The van der Waals surface area contributed by atoms with Crippen LogP contribution < -0.4 is 18.9 Å².